The van der Waals surface area contributed by atoms with Crippen LogP contribution in [0.25, 0.3) is 0 Å². The van der Waals surface area contributed by atoms with E-state index in [0.717, 1.165) is 24.3 Å². The van der Waals surface area contributed by atoms with E-state index in [-0.39, 0.29) is 5.91 Å². The van der Waals surface area contributed by atoms with Crippen LogP contribution >= 0.6 is 8.60 Å². The summed E-state index contributed by atoms with van der Waals surface area (Å²) in [5.41, 5.74) is 0. The molecule has 1 rings (SSSR count). The van der Waals surface area contributed by atoms with Gasteiger partial charge in [-0.1, -0.05) is 6.42 Å². The van der Waals surface area contributed by atoms with E-state index in [2.05, 4.69) is 4.62 Å². The molecular weight excluding hydrogens is 181 g/mol. The second kappa shape index (κ2) is 4.72. The second-order valence-electron chi connectivity index (χ2n) is 2.64. The van der Waals surface area contributed by atoms with Crippen molar-refractivity contribution in [3.63, 3.8) is 0 Å². The first kappa shape index (κ1) is 9.86. The molecule has 1 saturated heterocycles. The van der Waals surface area contributed by atoms with E-state index in [1.165, 1.54) is 0 Å². The standard InChI is InChI=1S/C6H12NO4P/c8-6-4-2-1-3-5-7(6)11-12(9)10/h9-10H,1-5H2. The summed E-state index contributed by atoms with van der Waals surface area (Å²) in [6, 6.07) is 0. The maximum Gasteiger partial charge on any atom is 0.350 e. The number of rotatable bonds is 2. The van der Waals surface area contributed by atoms with Crippen LogP contribution in [-0.4, -0.2) is 27.3 Å². The molecule has 5 nitrogen and oxygen atoms in total. The molecule has 70 valence electrons. The summed E-state index contributed by atoms with van der Waals surface area (Å²) in [7, 11) is -2.46. The van der Waals surface area contributed by atoms with Crippen LogP contribution in [0.3, 0.4) is 0 Å². The molecule has 0 aliphatic carbocycles. The van der Waals surface area contributed by atoms with Crippen molar-refractivity contribution >= 4 is 14.5 Å². The maximum absolute atomic E-state index is 11.1. The third kappa shape index (κ3) is 3.03. The molecule has 2 N–H and O–H groups in total. The highest BCUT2D eigenvalue weighted by atomic mass is 31.2. The Labute approximate surface area is 71.9 Å². The SMILES string of the molecule is O=C1CCCCCN1OP(O)O. The van der Waals surface area contributed by atoms with Crippen molar-refractivity contribution in [1.29, 1.82) is 0 Å². The van der Waals surface area contributed by atoms with Crippen LogP contribution < -0.4 is 0 Å². The molecule has 0 spiro atoms. The summed E-state index contributed by atoms with van der Waals surface area (Å²) in [6.45, 7) is 0.457. The van der Waals surface area contributed by atoms with Gasteiger partial charge in [0.1, 0.15) is 0 Å². The first-order valence-electron chi connectivity index (χ1n) is 3.86. The molecule has 12 heavy (non-hydrogen) atoms. The van der Waals surface area contributed by atoms with E-state index >= 15 is 0 Å². The van der Waals surface area contributed by atoms with E-state index in [1.807, 2.05) is 0 Å². The summed E-state index contributed by atoms with van der Waals surface area (Å²) in [5, 5.41) is 1.05. The van der Waals surface area contributed by atoms with Gasteiger partial charge in [-0.2, -0.15) is 4.62 Å². The molecule has 0 aromatic rings. The zero-order valence-corrected chi connectivity index (χ0v) is 7.54. The van der Waals surface area contributed by atoms with Gasteiger partial charge in [0.25, 0.3) is 0 Å². The highest BCUT2D eigenvalue weighted by Gasteiger charge is 2.19. The van der Waals surface area contributed by atoms with Crippen LogP contribution in [0.2, 0.25) is 0 Å². The Kier molecular flexibility index (Phi) is 3.88. The van der Waals surface area contributed by atoms with Crippen molar-refractivity contribution in [3.05, 3.63) is 0 Å². The van der Waals surface area contributed by atoms with Gasteiger partial charge in [-0.25, -0.2) is 5.06 Å². The lowest BCUT2D eigenvalue weighted by Crippen LogP contribution is -2.28. The normalized spacial score (nSPS) is 19.9. The molecule has 1 heterocycles. The van der Waals surface area contributed by atoms with Crippen molar-refractivity contribution in [2.45, 2.75) is 25.7 Å². The molecular formula is C6H12NO4P. The fraction of sp³-hybridized carbons (Fsp3) is 0.833. The third-order valence-corrected chi connectivity index (χ3v) is 2.04. The first-order valence-corrected chi connectivity index (χ1v) is 5.03. The fourth-order valence-electron chi connectivity index (χ4n) is 1.13. The van der Waals surface area contributed by atoms with Crippen LogP contribution in [0.5, 0.6) is 0 Å². The lowest BCUT2D eigenvalue weighted by Gasteiger charge is -2.18. The predicted octanol–water partition coefficient (Wildman–Crippen LogP) is 0.532. The Balaban J connectivity index is 2.42. The number of hydrogen-bond donors (Lipinski definition) is 2. The molecule has 1 fully saturated rings. The Bertz CT molecular complexity index is 164. The van der Waals surface area contributed by atoms with Gasteiger partial charge in [0.15, 0.2) is 0 Å². The van der Waals surface area contributed by atoms with Gasteiger partial charge in [0, 0.05) is 13.0 Å². The second-order valence-corrected chi connectivity index (χ2v) is 3.31. The van der Waals surface area contributed by atoms with Crippen LogP contribution in [0.1, 0.15) is 25.7 Å². The molecule has 0 radical (unpaired) electrons. The largest absolute Gasteiger partial charge is 0.350 e. The Hall–Kier alpha value is -0.220. The van der Waals surface area contributed by atoms with Gasteiger partial charge in [0.2, 0.25) is 5.91 Å². The van der Waals surface area contributed by atoms with Crippen LogP contribution in [-0.2, 0) is 9.42 Å². The number of hydrogen-bond acceptors (Lipinski definition) is 4. The van der Waals surface area contributed by atoms with Crippen LogP contribution in [0.15, 0.2) is 0 Å². The third-order valence-electron chi connectivity index (χ3n) is 1.70. The lowest BCUT2D eigenvalue weighted by atomic mass is 10.2. The minimum absolute atomic E-state index is 0.164. The van der Waals surface area contributed by atoms with Crippen molar-refractivity contribution in [1.82, 2.24) is 5.06 Å². The topological polar surface area (TPSA) is 70.0 Å². The van der Waals surface area contributed by atoms with Crippen molar-refractivity contribution in [2.75, 3.05) is 6.54 Å². The van der Waals surface area contributed by atoms with Gasteiger partial charge in [-0.05, 0) is 12.8 Å². The van der Waals surface area contributed by atoms with E-state index < -0.39 is 8.60 Å². The first-order chi connectivity index (χ1) is 5.70. The quantitative estimate of drug-likeness (QED) is 0.627. The zero-order chi connectivity index (χ0) is 8.97. The molecule has 0 aromatic carbocycles. The minimum Gasteiger partial charge on any atom is -0.327 e. The fourth-order valence-corrected chi connectivity index (χ4v) is 1.48. The summed E-state index contributed by atoms with van der Waals surface area (Å²) >= 11 is 0. The smallest absolute Gasteiger partial charge is 0.327 e. The lowest BCUT2D eigenvalue weighted by molar-refractivity contribution is -0.157. The Morgan fingerprint density at radius 2 is 2.08 bits per heavy atom. The molecule has 1 aliphatic rings. The summed E-state index contributed by atoms with van der Waals surface area (Å²) in [6.07, 6.45) is 3.13. The van der Waals surface area contributed by atoms with Gasteiger partial charge in [-0.3, -0.25) is 4.79 Å². The average molecular weight is 193 g/mol. The van der Waals surface area contributed by atoms with Crippen molar-refractivity contribution in [3.8, 4) is 0 Å². The van der Waals surface area contributed by atoms with Gasteiger partial charge >= 0.3 is 8.60 Å². The highest BCUT2D eigenvalue weighted by Crippen LogP contribution is 2.28. The Morgan fingerprint density at radius 1 is 1.33 bits per heavy atom. The molecule has 0 saturated carbocycles. The predicted molar refractivity (Wildman–Crippen MR) is 42.6 cm³/mol. The van der Waals surface area contributed by atoms with E-state index in [9.17, 15) is 4.79 Å². The maximum atomic E-state index is 11.1. The number of carbonyl (C=O) groups excluding carboxylic acids is 1. The van der Waals surface area contributed by atoms with Crippen LogP contribution in [0.4, 0.5) is 0 Å². The van der Waals surface area contributed by atoms with Crippen molar-refractivity contribution < 1.29 is 19.2 Å². The molecule has 0 aromatic heterocycles. The van der Waals surface area contributed by atoms with E-state index in [0.29, 0.717) is 13.0 Å². The molecule has 0 unspecified atom stereocenters. The monoisotopic (exact) mass is 193 g/mol. The summed E-state index contributed by atoms with van der Waals surface area (Å²) < 4.78 is 4.54. The number of nitrogens with zero attached hydrogens (tertiary/aromatic N) is 1. The average Bonchev–Trinajstić information content (AvgIpc) is 2.16. The molecule has 1 amide bonds. The van der Waals surface area contributed by atoms with Crippen LogP contribution in [0, 0.1) is 0 Å². The van der Waals surface area contributed by atoms with Gasteiger partial charge in [0.05, 0.1) is 0 Å². The summed E-state index contributed by atoms with van der Waals surface area (Å²) in [5.74, 6) is -0.164. The molecule has 1 aliphatic heterocycles. The molecule has 0 atom stereocenters. The summed E-state index contributed by atoms with van der Waals surface area (Å²) in [4.78, 5) is 28.2. The van der Waals surface area contributed by atoms with Gasteiger partial charge in [-0.15, -0.1) is 0 Å². The van der Waals surface area contributed by atoms with E-state index in [4.69, 9.17) is 9.79 Å². The number of hydroxylamine groups is 2. The highest BCUT2D eigenvalue weighted by molar-refractivity contribution is 7.39. The number of amides is 1. The van der Waals surface area contributed by atoms with Gasteiger partial charge < -0.3 is 9.79 Å². The van der Waals surface area contributed by atoms with Crippen molar-refractivity contribution in [2.24, 2.45) is 0 Å². The number of carbonyl (C=O) groups is 1. The van der Waals surface area contributed by atoms with E-state index in [1.54, 1.807) is 0 Å². The Morgan fingerprint density at radius 3 is 2.75 bits per heavy atom. The molecule has 0 bridgehead atoms. The molecule has 6 heteroatoms. The zero-order valence-electron chi connectivity index (χ0n) is 6.64. The minimum atomic E-state index is -2.46.